The number of nitrogens with zero attached hydrogens (tertiary/aromatic N) is 4. The lowest BCUT2D eigenvalue weighted by molar-refractivity contribution is -0.455. The van der Waals surface area contributed by atoms with Crippen LogP contribution in [0.15, 0.2) is 291 Å². The molecule has 4 aliphatic heterocycles. The number of benzene rings is 9. The van der Waals surface area contributed by atoms with Crippen LogP contribution in [0.5, 0.6) is 0 Å². The van der Waals surface area contributed by atoms with Gasteiger partial charge in [-0.2, -0.15) is 9.15 Å². The van der Waals surface area contributed by atoms with E-state index in [2.05, 4.69) is 340 Å². The normalized spacial score (nSPS) is 22.5. The Kier molecular flexibility index (Phi) is 14.3. The zero-order valence-corrected chi connectivity index (χ0v) is 49.6. The Labute approximate surface area is 498 Å². The third kappa shape index (κ3) is 9.71. The van der Waals surface area contributed by atoms with Crippen LogP contribution in [0, 0.1) is 0 Å². The SMILES string of the molecule is CN1/C(=C/C=C/C2=[N+](Cc3ccc(C[N+]4=C(/C=C/C=C5/N(C)c6ccccc6C5(C)Cc5ccccc5)C(C)(Cc5ccccc5)c5ccccc54)cc3)c3ccccc3C2(C)Cc2ccccc2)C(C)(Cc2ccccc2)c2ccccc21. The zero-order chi connectivity index (χ0) is 57.5. The largest absolute Gasteiger partial charge is 0.347 e. The van der Waals surface area contributed by atoms with Gasteiger partial charge in [0.1, 0.15) is 0 Å². The van der Waals surface area contributed by atoms with Crippen LogP contribution in [-0.2, 0) is 60.4 Å². The lowest BCUT2D eigenvalue weighted by atomic mass is 9.74. The standard InChI is InChI=1S/C80H76N4/c1-77(53-59-29-11-7-12-30-59)65-37-19-23-41-69(65)81(5)73(77)45-27-47-75-79(3,55-61-33-15-9-16-34-61)67-39-21-25-43-71(67)83(75)57-63-49-51-64(52-50-63)58-84-72-44-26-22-40-68(72)80(4,56-62-35-17-10-18-36-62)76(84)48-28-46-74-78(2,54-60-31-13-8-14-32-60)66-38-20-24-42-70(66)82(74)6/h7-52H,53-58H2,1-6H3/q+2. The minimum atomic E-state index is -0.284. The van der Waals surface area contributed by atoms with E-state index in [9.17, 15) is 0 Å². The molecule has 4 heterocycles. The Morgan fingerprint density at radius 1 is 0.310 bits per heavy atom. The first kappa shape index (κ1) is 54.1. The number of rotatable bonds is 16. The number of likely N-dealkylation sites (N-methyl/N-ethyl adjacent to an activating group) is 2. The third-order valence-electron chi connectivity index (χ3n) is 19.2. The van der Waals surface area contributed by atoms with Crippen molar-refractivity contribution >= 4 is 34.2 Å². The van der Waals surface area contributed by atoms with Gasteiger partial charge >= 0.3 is 0 Å². The first-order valence-electron chi connectivity index (χ1n) is 30.1. The van der Waals surface area contributed by atoms with Crippen LogP contribution in [0.4, 0.5) is 22.7 Å². The van der Waals surface area contributed by atoms with Crippen LogP contribution in [-0.4, -0.2) is 34.7 Å². The number of anilines is 2. The topological polar surface area (TPSA) is 12.5 Å². The number of fused-ring (bicyclic) bond motifs is 4. The van der Waals surface area contributed by atoms with Gasteiger partial charge in [0, 0.05) is 94.2 Å². The van der Waals surface area contributed by atoms with E-state index in [1.54, 1.807) is 0 Å². The molecule has 4 aliphatic rings. The zero-order valence-electron chi connectivity index (χ0n) is 49.6. The van der Waals surface area contributed by atoms with Crippen LogP contribution in [0.25, 0.3) is 0 Å². The number of hydrogen-bond donors (Lipinski definition) is 0. The summed E-state index contributed by atoms with van der Waals surface area (Å²) in [6.07, 6.45) is 17.9. The number of allylic oxidation sites excluding steroid dienone is 8. The van der Waals surface area contributed by atoms with Gasteiger partial charge in [0.05, 0.1) is 10.8 Å². The maximum atomic E-state index is 2.60. The molecule has 0 aromatic heterocycles. The summed E-state index contributed by atoms with van der Waals surface area (Å²) in [5, 5.41) is 0. The van der Waals surface area contributed by atoms with Crippen LogP contribution < -0.4 is 9.80 Å². The van der Waals surface area contributed by atoms with E-state index >= 15 is 0 Å². The molecular weight excluding hydrogens is 1020 g/mol. The highest BCUT2D eigenvalue weighted by molar-refractivity contribution is 6.04. The summed E-state index contributed by atoms with van der Waals surface area (Å²) in [4.78, 5) is 4.82. The van der Waals surface area contributed by atoms with E-state index in [0.717, 1.165) is 38.8 Å². The Bertz CT molecular complexity index is 3830. The second-order valence-electron chi connectivity index (χ2n) is 24.7. The van der Waals surface area contributed by atoms with Gasteiger partial charge in [0.25, 0.3) is 0 Å². The molecule has 4 heteroatoms. The molecule has 0 aliphatic carbocycles. The van der Waals surface area contributed by atoms with E-state index in [0.29, 0.717) is 0 Å². The first-order chi connectivity index (χ1) is 40.9. The quantitative estimate of drug-likeness (QED) is 0.0894. The van der Waals surface area contributed by atoms with Crippen LogP contribution in [0.1, 0.15) is 83.3 Å². The highest BCUT2D eigenvalue weighted by Crippen LogP contribution is 2.51. The fourth-order valence-corrected chi connectivity index (χ4v) is 15.0. The molecule has 0 fully saturated rings. The van der Waals surface area contributed by atoms with Gasteiger partial charge in [-0.15, -0.1) is 0 Å². The van der Waals surface area contributed by atoms with Crippen molar-refractivity contribution in [3.05, 3.63) is 346 Å². The molecule has 0 saturated heterocycles. The highest BCUT2D eigenvalue weighted by Gasteiger charge is 2.50. The molecule has 4 nitrogen and oxygen atoms in total. The summed E-state index contributed by atoms with van der Waals surface area (Å²) in [6, 6.07) is 89.7. The van der Waals surface area contributed by atoms with Crippen molar-refractivity contribution < 1.29 is 9.15 Å². The molecular formula is C80H76N4+2. The summed E-state index contributed by atoms with van der Waals surface area (Å²) in [5.41, 5.74) is 22.7. The van der Waals surface area contributed by atoms with Crippen molar-refractivity contribution in [3.63, 3.8) is 0 Å². The van der Waals surface area contributed by atoms with Crippen molar-refractivity contribution in [1.82, 2.24) is 0 Å². The van der Waals surface area contributed by atoms with Gasteiger partial charge in [-0.3, -0.25) is 0 Å². The number of hydrogen-bond acceptors (Lipinski definition) is 2. The summed E-state index contributed by atoms with van der Waals surface area (Å²) in [5.74, 6) is 0. The Balaban J connectivity index is 0.871. The van der Waals surface area contributed by atoms with Gasteiger partial charge < -0.3 is 9.80 Å². The molecule has 0 spiro atoms. The predicted octanol–water partition coefficient (Wildman–Crippen LogP) is 17.5. The van der Waals surface area contributed by atoms with Gasteiger partial charge in [0.2, 0.25) is 11.4 Å². The highest BCUT2D eigenvalue weighted by atomic mass is 15.2. The van der Waals surface area contributed by atoms with Crippen LogP contribution in [0.2, 0.25) is 0 Å². The summed E-state index contributed by atoms with van der Waals surface area (Å²) < 4.78 is 5.20. The molecule has 0 bridgehead atoms. The van der Waals surface area contributed by atoms with Crippen molar-refractivity contribution in [3.8, 4) is 0 Å². The van der Waals surface area contributed by atoms with E-state index in [1.807, 2.05) is 0 Å². The summed E-state index contributed by atoms with van der Waals surface area (Å²) >= 11 is 0. The predicted molar refractivity (Wildman–Crippen MR) is 351 cm³/mol. The maximum absolute atomic E-state index is 2.60. The van der Waals surface area contributed by atoms with E-state index < -0.39 is 0 Å². The van der Waals surface area contributed by atoms with E-state index in [1.165, 1.54) is 101 Å². The maximum Gasteiger partial charge on any atom is 0.210 e. The molecule has 4 atom stereocenters. The van der Waals surface area contributed by atoms with Crippen molar-refractivity contribution in [1.29, 1.82) is 0 Å². The fraction of sp³-hybridized carbons (Fsp3) is 0.200. The second kappa shape index (κ2) is 22.2. The van der Waals surface area contributed by atoms with E-state index in [4.69, 9.17) is 0 Å². The second-order valence-corrected chi connectivity index (χ2v) is 24.7. The monoisotopic (exact) mass is 1090 g/mol. The van der Waals surface area contributed by atoms with Gasteiger partial charge in [-0.1, -0.05) is 231 Å². The van der Waals surface area contributed by atoms with Crippen molar-refractivity contribution in [2.45, 2.75) is 88.1 Å². The van der Waals surface area contributed by atoms with Gasteiger partial charge in [-0.25, -0.2) is 0 Å². The molecule has 4 unspecified atom stereocenters. The van der Waals surface area contributed by atoms with Gasteiger partial charge in [0.15, 0.2) is 24.5 Å². The van der Waals surface area contributed by atoms with Gasteiger partial charge in [-0.05, 0) is 111 Å². The smallest absolute Gasteiger partial charge is 0.210 e. The van der Waals surface area contributed by atoms with Crippen LogP contribution in [0.3, 0.4) is 0 Å². The molecule has 9 aromatic carbocycles. The average Bonchev–Trinajstić information content (AvgIpc) is 2.12. The molecule has 0 radical (unpaired) electrons. The minimum Gasteiger partial charge on any atom is -0.347 e. The van der Waals surface area contributed by atoms with E-state index in [-0.39, 0.29) is 21.7 Å². The summed E-state index contributed by atoms with van der Waals surface area (Å²) in [6.45, 7) is 11.2. The first-order valence-corrected chi connectivity index (χ1v) is 30.1. The Morgan fingerprint density at radius 3 is 0.940 bits per heavy atom. The molecule has 13 rings (SSSR count). The van der Waals surface area contributed by atoms with Crippen LogP contribution >= 0.6 is 0 Å². The van der Waals surface area contributed by atoms with Crippen molar-refractivity contribution in [2.75, 3.05) is 23.9 Å². The lowest BCUT2D eigenvalue weighted by Crippen LogP contribution is -2.33. The third-order valence-corrected chi connectivity index (χ3v) is 19.2. The molecule has 0 amide bonds. The fourth-order valence-electron chi connectivity index (χ4n) is 15.0. The Morgan fingerprint density at radius 2 is 0.595 bits per heavy atom. The average molecular weight is 1090 g/mol. The molecule has 414 valence electrons. The molecule has 0 N–H and O–H groups in total. The molecule has 9 aromatic rings. The molecule has 84 heavy (non-hydrogen) atoms. The van der Waals surface area contributed by atoms with Crippen molar-refractivity contribution in [2.24, 2.45) is 0 Å². The Hall–Kier alpha value is -9.12. The summed E-state index contributed by atoms with van der Waals surface area (Å²) in [7, 11) is 4.47. The lowest BCUT2D eigenvalue weighted by Gasteiger charge is -2.29. The molecule has 0 saturated carbocycles. The number of para-hydroxylation sites is 4. The minimum absolute atomic E-state index is 0.205.